The Balaban J connectivity index is 2.38. The molecule has 1 aromatic carbocycles. The van der Waals surface area contributed by atoms with E-state index in [4.69, 9.17) is 0 Å². The van der Waals surface area contributed by atoms with Gasteiger partial charge in [-0.15, -0.1) is 0 Å². The molecule has 0 bridgehead atoms. The molecule has 0 unspecified atom stereocenters. The molecule has 0 radical (unpaired) electrons. The van der Waals surface area contributed by atoms with Crippen molar-refractivity contribution in [1.29, 1.82) is 0 Å². The summed E-state index contributed by atoms with van der Waals surface area (Å²) in [6.07, 6.45) is 3.61. The van der Waals surface area contributed by atoms with Crippen LogP contribution in [-0.2, 0) is 30.5 Å². The molecule has 1 saturated heterocycles. The number of amides is 4. The molecule has 2 rings (SSSR count). The van der Waals surface area contributed by atoms with Crippen molar-refractivity contribution < 1.29 is 24.0 Å². The van der Waals surface area contributed by atoms with Crippen molar-refractivity contribution in [2.24, 2.45) is 5.92 Å². The normalized spacial score (nSPS) is 19.8. The minimum atomic E-state index is -0.849. The van der Waals surface area contributed by atoms with E-state index in [-0.39, 0.29) is 55.5 Å². The minimum absolute atomic E-state index is 0.0956. The van der Waals surface area contributed by atoms with Crippen LogP contribution in [0.4, 0.5) is 0 Å². The SMILES string of the molecule is CCC(=O)CCCCC[C@@H]1NC(=O)[C@H](C)N(C)C(=O)CCN(CC(C)C)C(=O)CN(Cc2ccc(C)cc2)C1=O. The van der Waals surface area contributed by atoms with Gasteiger partial charge in [0.25, 0.3) is 0 Å². The van der Waals surface area contributed by atoms with E-state index in [0.29, 0.717) is 32.2 Å². The third-order valence-electron chi connectivity index (χ3n) is 7.48. The highest BCUT2D eigenvalue weighted by atomic mass is 16.2. The maximum absolute atomic E-state index is 14.0. The molecule has 1 aromatic rings. The zero-order valence-electron chi connectivity index (χ0n) is 25.2. The van der Waals surface area contributed by atoms with Crippen molar-refractivity contribution in [3.05, 3.63) is 35.4 Å². The molecule has 1 N–H and O–H groups in total. The van der Waals surface area contributed by atoms with Crippen LogP contribution in [0.5, 0.6) is 0 Å². The topological polar surface area (TPSA) is 107 Å². The molecule has 0 saturated carbocycles. The number of benzene rings is 1. The average molecular weight is 557 g/mol. The molecule has 222 valence electrons. The maximum atomic E-state index is 14.0. The standard InChI is InChI=1S/C31H48N4O5/c1-7-26(36)11-9-8-10-12-27-31(40)35(20-25-15-13-23(4)14-16-25)21-29(38)34(19-22(2)3)18-17-28(37)33(6)24(5)30(39)32-27/h13-16,22,24,27H,7-12,17-21H2,1-6H3,(H,32,39)/t24-,27-/m0/s1. The largest absolute Gasteiger partial charge is 0.343 e. The first kappa shape index (κ1) is 33.0. The van der Waals surface area contributed by atoms with E-state index >= 15 is 0 Å². The van der Waals surface area contributed by atoms with E-state index in [1.54, 1.807) is 18.9 Å². The van der Waals surface area contributed by atoms with Crippen LogP contribution in [0.25, 0.3) is 0 Å². The maximum Gasteiger partial charge on any atom is 0.245 e. The quantitative estimate of drug-likeness (QED) is 0.420. The number of rotatable bonds is 11. The first-order valence-corrected chi connectivity index (χ1v) is 14.6. The van der Waals surface area contributed by atoms with Gasteiger partial charge in [0.05, 0.1) is 0 Å². The second-order valence-electron chi connectivity index (χ2n) is 11.4. The van der Waals surface area contributed by atoms with E-state index < -0.39 is 18.0 Å². The molecular weight excluding hydrogens is 508 g/mol. The Kier molecular flexibility index (Phi) is 13.3. The number of nitrogens with zero attached hydrogens (tertiary/aromatic N) is 3. The molecule has 9 heteroatoms. The number of carbonyl (C=O) groups excluding carboxylic acids is 5. The average Bonchev–Trinajstić information content (AvgIpc) is 2.92. The third-order valence-corrected chi connectivity index (χ3v) is 7.48. The summed E-state index contributed by atoms with van der Waals surface area (Å²) in [6, 6.07) is 6.19. The number of carbonyl (C=O) groups is 5. The zero-order chi connectivity index (χ0) is 29.8. The van der Waals surface area contributed by atoms with Crippen LogP contribution < -0.4 is 5.32 Å². The lowest BCUT2D eigenvalue weighted by molar-refractivity contribution is -0.143. The predicted molar refractivity (Wildman–Crippen MR) is 155 cm³/mol. The number of Topliss-reactive ketones (excluding diaryl/α,β-unsaturated/α-hetero) is 1. The predicted octanol–water partition coefficient (Wildman–Crippen LogP) is 3.47. The Morgan fingerprint density at radius 2 is 1.68 bits per heavy atom. The summed E-state index contributed by atoms with van der Waals surface area (Å²) in [6.45, 7) is 10.3. The molecule has 0 spiro atoms. The van der Waals surface area contributed by atoms with Gasteiger partial charge in [-0.1, -0.05) is 63.4 Å². The van der Waals surface area contributed by atoms with Crippen molar-refractivity contribution in [2.75, 3.05) is 26.7 Å². The molecule has 0 aliphatic carbocycles. The lowest BCUT2D eigenvalue weighted by atomic mass is 10.0. The van der Waals surface area contributed by atoms with Crippen molar-refractivity contribution in [3.8, 4) is 0 Å². The molecule has 9 nitrogen and oxygen atoms in total. The Morgan fingerprint density at radius 3 is 2.30 bits per heavy atom. The van der Waals surface area contributed by atoms with E-state index in [1.807, 2.05) is 52.0 Å². The summed E-state index contributed by atoms with van der Waals surface area (Å²) in [5.41, 5.74) is 1.98. The van der Waals surface area contributed by atoms with Gasteiger partial charge in [-0.25, -0.2) is 0 Å². The summed E-state index contributed by atoms with van der Waals surface area (Å²) in [4.78, 5) is 70.0. The lowest BCUT2D eigenvalue weighted by Gasteiger charge is -2.31. The van der Waals surface area contributed by atoms with E-state index in [0.717, 1.165) is 24.0 Å². The van der Waals surface area contributed by atoms with E-state index in [9.17, 15) is 24.0 Å². The zero-order valence-corrected chi connectivity index (χ0v) is 25.2. The molecule has 1 fully saturated rings. The lowest BCUT2D eigenvalue weighted by Crippen LogP contribution is -2.54. The number of nitrogens with one attached hydrogen (secondary N) is 1. The summed E-state index contributed by atoms with van der Waals surface area (Å²) in [5, 5.41) is 2.88. The number of hydrogen-bond donors (Lipinski definition) is 1. The Bertz CT molecular complexity index is 1020. The highest BCUT2D eigenvalue weighted by Crippen LogP contribution is 2.15. The molecule has 1 aliphatic rings. The monoisotopic (exact) mass is 556 g/mol. The van der Waals surface area contributed by atoms with Gasteiger partial charge in [0.1, 0.15) is 24.4 Å². The van der Waals surface area contributed by atoms with Gasteiger partial charge < -0.3 is 20.0 Å². The van der Waals surface area contributed by atoms with Gasteiger partial charge in [0, 0.05) is 45.9 Å². The number of likely N-dealkylation sites (N-methyl/N-ethyl adjacent to an activating group) is 1. The van der Waals surface area contributed by atoms with Gasteiger partial charge in [-0.3, -0.25) is 24.0 Å². The number of ketones is 1. The van der Waals surface area contributed by atoms with Crippen LogP contribution in [-0.4, -0.2) is 82.9 Å². The van der Waals surface area contributed by atoms with Gasteiger partial charge in [-0.05, 0) is 38.2 Å². The van der Waals surface area contributed by atoms with Crippen LogP contribution in [0, 0.1) is 12.8 Å². The highest BCUT2D eigenvalue weighted by molar-refractivity contribution is 5.93. The van der Waals surface area contributed by atoms with Crippen LogP contribution in [0.2, 0.25) is 0 Å². The molecule has 0 aromatic heterocycles. The van der Waals surface area contributed by atoms with Gasteiger partial charge >= 0.3 is 0 Å². The molecule has 40 heavy (non-hydrogen) atoms. The van der Waals surface area contributed by atoms with Gasteiger partial charge in [0.2, 0.25) is 23.6 Å². The summed E-state index contributed by atoms with van der Waals surface area (Å²) in [7, 11) is 1.58. The minimum Gasteiger partial charge on any atom is -0.343 e. The fourth-order valence-electron chi connectivity index (χ4n) is 4.74. The van der Waals surface area contributed by atoms with Crippen LogP contribution in [0.15, 0.2) is 24.3 Å². The first-order valence-electron chi connectivity index (χ1n) is 14.6. The molecular formula is C31H48N4O5. The van der Waals surface area contributed by atoms with Crippen molar-refractivity contribution in [1.82, 2.24) is 20.0 Å². The van der Waals surface area contributed by atoms with E-state index in [1.165, 1.54) is 9.80 Å². The highest BCUT2D eigenvalue weighted by Gasteiger charge is 2.32. The summed E-state index contributed by atoms with van der Waals surface area (Å²) >= 11 is 0. The molecule has 1 aliphatic heterocycles. The Labute approximate surface area is 239 Å². The number of hydrogen-bond acceptors (Lipinski definition) is 5. The van der Waals surface area contributed by atoms with Gasteiger partial charge in [-0.2, -0.15) is 0 Å². The Hall–Kier alpha value is -3.23. The fourth-order valence-corrected chi connectivity index (χ4v) is 4.74. The first-order chi connectivity index (χ1) is 18.9. The van der Waals surface area contributed by atoms with Crippen LogP contribution in [0.3, 0.4) is 0 Å². The smallest absolute Gasteiger partial charge is 0.245 e. The fraction of sp³-hybridized carbons (Fsp3) is 0.645. The van der Waals surface area contributed by atoms with E-state index in [2.05, 4.69) is 5.32 Å². The van der Waals surface area contributed by atoms with Crippen molar-refractivity contribution in [2.45, 2.75) is 98.2 Å². The second kappa shape index (κ2) is 16.1. The second-order valence-corrected chi connectivity index (χ2v) is 11.4. The number of unbranched alkanes of at least 4 members (excludes halogenated alkanes) is 2. The summed E-state index contributed by atoms with van der Waals surface area (Å²) < 4.78 is 0. The number of aryl methyl sites for hydroxylation is 1. The van der Waals surface area contributed by atoms with Crippen LogP contribution in [0.1, 0.15) is 83.8 Å². The summed E-state index contributed by atoms with van der Waals surface area (Å²) in [5.74, 6) is -0.791. The van der Waals surface area contributed by atoms with Crippen molar-refractivity contribution >= 4 is 29.4 Å². The van der Waals surface area contributed by atoms with Gasteiger partial charge in [0.15, 0.2) is 0 Å². The Morgan fingerprint density at radius 1 is 1.00 bits per heavy atom. The van der Waals surface area contributed by atoms with Crippen molar-refractivity contribution in [3.63, 3.8) is 0 Å². The molecule has 4 amide bonds. The molecule has 2 atom stereocenters. The molecule has 1 heterocycles. The third kappa shape index (κ3) is 10.4. The van der Waals surface area contributed by atoms with Crippen LogP contribution >= 0.6 is 0 Å².